The average molecular weight is 494 g/mol. The van der Waals surface area contributed by atoms with Crippen molar-refractivity contribution in [2.24, 2.45) is 4.99 Å². The minimum absolute atomic E-state index is 0. The molecule has 0 aromatic heterocycles. The first-order valence-corrected chi connectivity index (χ1v) is 10.8. The highest BCUT2D eigenvalue weighted by molar-refractivity contribution is 14.0. The van der Waals surface area contributed by atoms with E-state index in [4.69, 9.17) is 0 Å². The van der Waals surface area contributed by atoms with Gasteiger partial charge in [0.1, 0.15) is 0 Å². The molecule has 0 amide bonds. The Morgan fingerprint density at radius 2 is 2.04 bits per heavy atom. The summed E-state index contributed by atoms with van der Waals surface area (Å²) in [4.78, 5) is 6.88. The first-order valence-electron chi connectivity index (χ1n) is 8.93. The molecule has 0 spiro atoms. The van der Waals surface area contributed by atoms with Gasteiger partial charge in [0.2, 0.25) is 0 Å². The van der Waals surface area contributed by atoms with Crippen LogP contribution in [0.15, 0.2) is 29.3 Å². The van der Waals surface area contributed by atoms with Crippen molar-refractivity contribution in [3.8, 4) is 0 Å². The van der Waals surface area contributed by atoms with Gasteiger partial charge in [-0.3, -0.25) is 0 Å². The maximum Gasteiger partial charge on any atom is 0.191 e. The normalized spacial score (nSPS) is 19.2. The van der Waals surface area contributed by atoms with Gasteiger partial charge in [-0.1, -0.05) is 31.2 Å². The predicted octanol–water partition coefficient (Wildman–Crippen LogP) is 2.00. The molecule has 2 N–H and O–H groups in total. The van der Waals surface area contributed by atoms with Gasteiger partial charge < -0.3 is 15.5 Å². The summed E-state index contributed by atoms with van der Waals surface area (Å²) in [6, 6.07) is 8.40. The van der Waals surface area contributed by atoms with Crippen LogP contribution in [0.5, 0.6) is 0 Å². The summed E-state index contributed by atoms with van der Waals surface area (Å²) >= 11 is 0. The third kappa shape index (κ3) is 7.79. The van der Waals surface area contributed by atoms with E-state index in [0.717, 1.165) is 25.2 Å². The standard InChI is InChI=1S/C18H30N4O2S.HI/c1-4-19-18(21-17-9-10-25(23,24)14-17)20-12-15-7-6-8-16(11-15)13-22(3)5-2;/h6-8,11,17H,4-5,9-10,12-14H2,1-3H3,(H2,19,20,21);1H. The third-order valence-electron chi connectivity index (χ3n) is 4.32. The van der Waals surface area contributed by atoms with Crippen molar-refractivity contribution in [2.75, 3.05) is 31.6 Å². The van der Waals surface area contributed by atoms with E-state index in [0.29, 0.717) is 18.9 Å². The molecule has 1 heterocycles. The first kappa shape index (κ1) is 23.2. The zero-order chi connectivity index (χ0) is 18.3. The van der Waals surface area contributed by atoms with Crippen LogP contribution in [-0.2, 0) is 22.9 Å². The molecule has 1 aromatic carbocycles. The molecule has 8 heteroatoms. The maximum atomic E-state index is 11.6. The summed E-state index contributed by atoms with van der Waals surface area (Å²) in [7, 11) is -0.788. The smallest absolute Gasteiger partial charge is 0.191 e. The lowest BCUT2D eigenvalue weighted by Gasteiger charge is -2.16. The fourth-order valence-corrected chi connectivity index (χ4v) is 4.52. The monoisotopic (exact) mass is 494 g/mol. The third-order valence-corrected chi connectivity index (χ3v) is 6.09. The maximum absolute atomic E-state index is 11.6. The number of hydrogen-bond acceptors (Lipinski definition) is 4. The molecule has 6 nitrogen and oxygen atoms in total. The molecule has 1 saturated heterocycles. The van der Waals surface area contributed by atoms with Gasteiger partial charge in [0.05, 0.1) is 18.1 Å². The Labute approximate surface area is 174 Å². The molecule has 0 saturated carbocycles. The van der Waals surface area contributed by atoms with E-state index in [1.165, 1.54) is 5.56 Å². The van der Waals surface area contributed by atoms with Gasteiger partial charge in [-0.2, -0.15) is 0 Å². The number of rotatable bonds is 7. The molecule has 1 aromatic rings. The Hall–Kier alpha value is -0.870. The molecule has 1 atom stereocenters. The second kappa shape index (κ2) is 11.1. The summed E-state index contributed by atoms with van der Waals surface area (Å²) in [6.45, 7) is 7.40. The van der Waals surface area contributed by atoms with E-state index in [-0.39, 0.29) is 41.5 Å². The van der Waals surface area contributed by atoms with Crippen molar-refractivity contribution in [1.82, 2.24) is 15.5 Å². The van der Waals surface area contributed by atoms with Crippen LogP contribution >= 0.6 is 24.0 Å². The van der Waals surface area contributed by atoms with Gasteiger partial charge >= 0.3 is 0 Å². The molecule has 0 bridgehead atoms. The fraction of sp³-hybridized carbons (Fsp3) is 0.611. The van der Waals surface area contributed by atoms with Crippen molar-refractivity contribution in [3.05, 3.63) is 35.4 Å². The van der Waals surface area contributed by atoms with E-state index in [1.54, 1.807) is 0 Å². The Balaban J connectivity index is 0.00000338. The van der Waals surface area contributed by atoms with E-state index < -0.39 is 9.84 Å². The first-order chi connectivity index (χ1) is 11.9. The minimum Gasteiger partial charge on any atom is -0.357 e. The van der Waals surface area contributed by atoms with Gasteiger partial charge in [-0.25, -0.2) is 13.4 Å². The van der Waals surface area contributed by atoms with E-state index >= 15 is 0 Å². The number of nitrogens with zero attached hydrogens (tertiary/aromatic N) is 2. The summed E-state index contributed by atoms with van der Waals surface area (Å²) in [5.74, 6) is 1.13. The number of nitrogens with one attached hydrogen (secondary N) is 2. The van der Waals surface area contributed by atoms with Crippen LogP contribution in [0.25, 0.3) is 0 Å². The number of hydrogen-bond donors (Lipinski definition) is 2. The number of benzene rings is 1. The highest BCUT2D eigenvalue weighted by Gasteiger charge is 2.28. The summed E-state index contributed by atoms with van der Waals surface area (Å²) in [5, 5.41) is 6.45. The van der Waals surface area contributed by atoms with Gasteiger partial charge in [0.15, 0.2) is 15.8 Å². The summed E-state index contributed by atoms with van der Waals surface area (Å²) in [6.07, 6.45) is 0.644. The van der Waals surface area contributed by atoms with Gasteiger partial charge in [0, 0.05) is 19.1 Å². The molecule has 1 aliphatic rings. The van der Waals surface area contributed by atoms with Crippen LogP contribution in [0, 0.1) is 0 Å². The second-order valence-corrected chi connectivity index (χ2v) is 8.82. The van der Waals surface area contributed by atoms with Crippen LogP contribution in [0.2, 0.25) is 0 Å². The lowest BCUT2D eigenvalue weighted by molar-refractivity contribution is 0.345. The summed E-state index contributed by atoms with van der Waals surface area (Å²) in [5.41, 5.74) is 2.43. The topological polar surface area (TPSA) is 73.8 Å². The molecule has 2 rings (SSSR count). The predicted molar refractivity (Wildman–Crippen MR) is 119 cm³/mol. The zero-order valence-corrected chi connectivity index (χ0v) is 19.0. The quantitative estimate of drug-likeness (QED) is 0.345. The van der Waals surface area contributed by atoms with Crippen molar-refractivity contribution in [3.63, 3.8) is 0 Å². The van der Waals surface area contributed by atoms with Crippen LogP contribution in [0.4, 0.5) is 0 Å². The fourth-order valence-electron chi connectivity index (χ4n) is 2.84. The van der Waals surface area contributed by atoms with Gasteiger partial charge in [0.25, 0.3) is 0 Å². The Morgan fingerprint density at radius 1 is 1.31 bits per heavy atom. The van der Waals surface area contributed by atoms with Crippen LogP contribution < -0.4 is 10.6 Å². The van der Waals surface area contributed by atoms with Crippen LogP contribution in [0.1, 0.15) is 31.4 Å². The van der Waals surface area contributed by atoms with Crippen molar-refractivity contribution < 1.29 is 8.42 Å². The second-order valence-electron chi connectivity index (χ2n) is 6.59. The van der Waals surface area contributed by atoms with E-state index in [1.807, 2.05) is 6.92 Å². The van der Waals surface area contributed by atoms with E-state index in [2.05, 4.69) is 58.8 Å². The molecule has 1 aliphatic heterocycles. The van der Waals surface area contributed by atoms with Crippen LogP contribution in [0.3, 0.4) is 0 Å². The lowest BCUT2D eigenvalue weighted by atomic mass is 10.1. The molecular weight excluding hydrogens is 463 g/mol. The number of guanidine groups is 1. The molecule has 1 unspecified atom stereocenters. The molecular formula is C18H31IN4O2S. The number of aliphatic imine (C=N–C) groups is 1. The zero-order valence-electron chi connectivity index (χ0n) is 15.9. The van der Waals surface area contributed by atoms with Gasteiger partial charge in [-0.15, -0.1) is 24.0 Å². The van der Waals surface area contributed by atoms with Crippen LogP contribution in [-0.4, -0.2) is 57.0 Å². The van der Waals surface area contributed by atoms with Crippen molar-refractivity contribution in [2.45, 2.75) is 39.4 Å². The van der Waals surface area contributed by atoms with Crippen molar-refractivity contribution >= 4 is 39.8 Å². The largest absolute Gasteiger partial charge is 0.357 e. The number of halogens is 1. The SMILES string of the molecule is CCNC(=NCc1cccc(CN(C)CC)c1)NC1CCS(=O)(=O)C1.I. The molecule has 26 heavy (non-hydrogen) atoms. The minimum atomic E-state index is -2.89. The Morgan fingerprint density at radius 3 is 2.65 bits per heavy atom. The Bertz CT molecular complexity index is 694. The number of sulfone groups is 1. The summed E-state index contributed by atoms with van der Waals surface area (Å²) < 4.78 is 23.2. The average Bonchev–Trinajstić information content (AvgIpc) is 2.91. The molecule has 1 fully saturated rings. The Kier molecular flexibility index (Phi) is 9.88. The highest BCUT2D eigenvalue weighted by Crippen LogP contribution is 2.12. The molecule has 0 radical (unpaired) electrons. The highest BCUT2D eigenvalue weighted by atomic mass is 127. The molecule has 0 aliphatic carbocycles. The van der Waals surface area contributed by atoms with E-state index in [9.17, 15) is 8.42 Å². The lowest BCUT2D eigenvalue weighted by Crippen LogP contribution is -2.44. The molecule has 148 valence electrons. The van der Waals surface area contributed by atoms with Crippen molar-refractivity contribution in [1.29, 1.82) is 0 Å². The van der Waals surface area contributed by atoms with Gasteiger partial charge in [-0.05, 0) is 38.1 Å².